The van der Waals surface area contributed by atoms with Gasteiger partial charge in [-0.25, -0.2) is 0 Å². The number of aromatic hydroxyl groups is 1. The van der Waals surface area contributed by atoms with Gasteiger partial charge in [0.05, 0.1) is 11.1 Å². The van der Waals surface area contributed by atoms with Gasteiger partial charge in [-0.3, -0.25) is 4.79 Å². The van der Waals surface area contributed by atoms with Crippen LogP contribution in [0.5, 0.6) is 11.5 Å². The molecule has 0 saturated heterocycles. The number of carbonyl (C=O) groups is 1. The Morgan fingerprint density at radius 2 is 2.13 bits per heavy atom. The van der Waals surface area contributed by atoms with E-state index in [0.29, 0.717) is 28.8 Å². The molecule has 0 radical (unpaired) electrons. The smallest absolute Gasteiger partial charge is 0.172 e. The zero-order valence-electron chi connectivity index (χ0n) is 8.71. The molecule has 0 fully saturated rings. The molecule has 0 spiro atoms. The molecule has 0 bridgehead atoms. The van der Waals surface area contributed by atoms with Crippen LogP contribution in [-0.2, 0) is 0 Å². The van der Waals surface area contributed by atoms with Gasteiger partial charge in [-0.15, -0.1) is 0 Å². The molecule has 0 atom stereocenters. The number of ether oxygens (including phenoxy) is 1. The minimum atomic E-state index is 0.0247. The van der Waals surface area contributed by atoms with Gasteiger partial charge in [-0.05, 0) is 35.0 Å². The number of rotatable bonds is 4. The van der Waals surface area contributed by atoms with Crippen molar-refractivity contribution in [2.75, 3.05) is 6.61 Å². The molecule has 0 saturated carbocycles. The molecule has 0 aliphatic heterocycles. The number of phenols is 1. The minimum Gasteiger partial charge on any atom is -0.503 e. The zero-order valence-corrected chi connectivity index (χ0v) is 10.3. The number of benzene rings is 1. The Labute approximate surface area is 97.2 Å². The van der Waals surface area contributed by atoms with E-state index in [1.54, 1.807) is 19.1 Å². The lowest BCUT2D eigenvalue weighted by Crippen LogP contribution is -1.99. The summed E-state index contributed by atoms with van der Waals surface area (Å²) in [5.41, 5.74) is 0.547. The first-order valence-corrected chi connectivity index (χ1v) is 5.57. The van der Waals surface area contributed by atoms with Crippen molar-refractivity contribution in [3.05, 3.63) is 22.2 Å². The summed E-state index contributed by atoms with van der Waals surface area (Å²) in [5, 5.41) is 9.62. The first-order chi connectivity index (χ1) is 7.10. The van der Waals surface area contributed by atoms with Crippen LogP contribution in [0.3, 0.4) is 0 Å². The van der Waals surface area contributed by atoms with Crippen LogP contribution < -0.4 is 4.74 Å². The molecule has 3 nitrogen and oxygen atoms in total. The van der Waals surface area contributed by atoms with Crippen molar-refractivity contribution in [2.45, 2.75) is 20.3 Å². The molecule has 0 aromatic heterocycles. The lowest BCUT2D eigenvalue weighted by atomic mass is 10.1. The summed E-state index contributed by atoms with van der Waals surface area (Å²) in [7, 11) is 0. The van der Waals surface area contributed by atoms with E-state index in [0.717, 1.165) is 0 Å². The van der Waals surface area contributed by atoms with E-state index in [4.69, 9.17) is 4.74 Å². The molecule has 1 rings (SSSR count). The average molecular weight is 273 g/mol. The molecule has 4 heteroatoms. The standard InChI is InChI=1S/C11H13BrO3/c1-3-9(13)7-5-8(12)11(14)10(6-7)15-4-2/h5-6,14H,3-4H2,1-2H3. The Balaban J connectivity index is 3.16. The van der Waals surface area contributed by atoms with E-state index >= 15 is 0 Å². The Bertz CT molecular complexity index is 374. The van der Waals surface area contributed by atoms with Crippen molar-refractivity contribution < 1.29 is 14.6 Å². The fourth-order valence-corrected chi connectivity index (χ4v) is 1.65. The van der Waals surface area contributed by atoms with Gasteiger partial charge in [0, 0.05) is 12.0 Å². The predicted molar refractivity (Wildman–Crippen MR) is 61.6 cm³/mol. The molecule has 0 heterocycles. The molecule has 0 aliphatic carbocycles. The maximum Gasteiger partial charge on any atom is 0.172 e. The number of Topliss-reactive ketones (excluding diaryl/α,β-unsaturated/α-hetero) is 1. The second kappa shape index (κ2) is 5.16. The van der Waals surface area contributed by atoms with Crippen LogP contribution in [0.1, 0.15) is 30.6 Å². The van der Waals surface area contributed by atoms with Crippen LogP contribution in [0.4, 0.5) is 0 Å². The number of hydrogen-bond donors (Lipinski definition) is 1. The summed E-state index contributed by atoms with van der Waals surface area (Å²) in [6.45, 7) is 4.06. The quantitative estimate of drug-likeness (QED) is 0.857. The van der Waals surface area contributed by atoms with Crippen LogP contribution in [-0.4, -0.2) is 17.5 Å². The molecular weight excluding hydrogens is 260 g/mol. The molecule has 1 aromatic carbocycles. The van der Waals surface area contributed by atoms with Crippen LogP contribution in [0.2, 0.25) is 0 Å². The number of phenolic OH excluding ortho intramolecular Hbond substituents is 1. The second-order valence-electron chi connectivity index (χ2n) is 3.01. The van der Waals surface area contributed by atoms with Crippen LogP contribution in [0.25, 0.3) is 0 Å². The van der Waals surface area contributed by atoms with Crippen LogP contribution in [0.15, 0.2) is 16.6 Å². The van der Waals surface area contributed by atoms with Crippen molar-refractivity contribution >= 4 is 21.7 Å². The summed E-state index contributed by atoms with van der Waals surface area (Å²) < 4.78 is 5.70. The summed E-state index contributed by atoms with van der Waals surface area (Å²) in [6, 6.07) is 3.17. The van der Waals surface area contributed by atoms with Gasteiger partial charge in [-0.1, -0.05) is 6.92 Å². The number of halogens is 1. The third kappa shape index (κ3) is 2.72. The highest BCUT2D eigenvalue weighted by Crippen LogP contribution is 2.35. The summed E-state index contributed by atoms with van der Waals surface area (Å²) in [5.74, 6) is 0.393. The minimum absolute atomic E-state index is 0.0247. The van der Waals surface area contributed by atoms with E-state index in [-0.39, 0.29) is 11.5 Å². The van der Waals surface area contributed by atoms with Crippen LogP contribution in [0, 0.1) is 0 Å². The van der Waals surface area contributed by atoms with Gasteiger partial charge in [0.25, 0.3) is 0 Å². The van der Waals surface area contributed by atoms with Gasteiger partial charge in [0.2, 0.25) is 0 Å². The molecule has 0 amide bonds. The summed E-state index contributed by atoms with van der Waals surface area (Å²) >= 11 is 3.18. The van der Waals surface area contributed by atoms with Gasteiger partial charge < -0.3 is 9.84 Å². The first-order valence-electron chi connectivity index (χ1n) is 4.78. The third-order valence-corrected chi connectivity index (χ3v) is 2.58. The highest BCUT2D eigenvalue weighted by Gasteiger charge is 2.12. The fraction of sp³-hybridized carbons (Fsp3) is 0.364. The van der Waals surface area contributed by atoms with Crippen molar-refractivity contribution in [3.8, 4) is 11.5 Å². The topological polar surface area (TPSA) is 46.5 Å². The zero-order chi connectivity index (χ0) is 11.4. The molecule has 0 unspecified atom stereocenters. The Hall–Kier alpha value is -1.03. The molecular formula is C11H13BrO3. The van der Waals surface area contributed by atoms with Gasteiger partial charge >= 0.3 is 0 Å². The Morgan fingerprint density at radius 1 is 1.47 bits per heavy atom. The number of carbonyl (C=O) groups excluding carboxylic acids is 1. The molecule has 82 valence electrons. The largest absolute Gasteiger partial charge is 0.503 e. The maximum absolute atomic E-state index is 11.5. The van der Waals surface area contributed by atoms with Crippen molar-refractivity contribution in [2.24, 2.45) is 0 Å². The molecule has 0 aliphatic rings. The van der Waals surface area contributed by atoms with E-state index in [1.165, 1.54) is 0 Å². The highest BCUT2D eigenvalue weighted by molar-refractivity contribution is 9.10. The van der Waals surface area contributed by atoms with E-state index < -0.39 is 0 Å². The summed E-state index contributed by atoms with van der Waals surface area (Å²) in [6.07, 6.45) is 0.433. The van der Waals surface area contributed by atoms with E-state index in [2.05, 4.69) is 15.9 Å². The SMILES string of the molecule is CCOc1cc(C(=O)CC)cc(Br)c1O. The van der Waals surface area contributed by atoms with Crippen molar-refractivity contribution in [1.82, 2.24) is 0 Å². The number of ketones is 1. The van der Waals surface area contributed by atoms with Gasteiger partial charge in [0.1, 0.15) is 0 Å². The lowest BCUT2D eigenvalue weighted by molar-refractivity contribution is 0.0987. The van der Waals surface area contributed by atoms with Crippen molar-refractivity contribution in [1.29, 1.82) is 0 Å². The summed E-state index contributed by atoms with van der Waals surface area (Å²) in [4.78, 5) is 11.5. The van der Waals surface area contributed by atoms with E-state index in [9.17, 15) is 9.90 Å². The molecule has 15 heavy (non-hydrogen) atoms. The Morgan fingerprint density at radius 3 is 2.67 bits per heavy atom. The average Bonchev–Trinajstić information content (AvgIpc) is 2.23. The van der Waals surface area contributed by atoms with E-state index in [1.807, 2.05) is 6.92 Å². The highest BCUT2D eigenvalue weighted by atomic mass is 79.9. The second-order valence-corrected chi connectivity index (χ2v) is 3.87. The fourth-order valence-electron chi connectivity index (χ4n) is 1.20. The molecule has 1 aromatic rings. The lowest BCUT2D eigenvalue weighted by Gasteiger charge is -2.09. The normalized spacial score (nSPS) is 10.1. The third-order valence-electron chi connectivity index (χ3n) is 1.97. The van der Waals surface area contributed by atoms with Crippen molar-refractivity contribution in [3.63, 3.8) is 0 Å². The number of hydrogen-bond acceptors (Lipinski definition) is 3. The molecule has 1 N–H and O–H groups in total. The van der Waals surface area contributed by atoms with Crippen LogP contribution >= 0.6 is 15.9 Å². The van der Waals surface area contributed by atoms with Gasteiger partial charge in [-0.2, -0.15) is 0 Å². The maximum atomic E-state index is 11.5. The van der Waals surface area contributed by atoms with Gasteiger partial charge in [0.15, 0.2) is 17.3 Å². The monoisotopic (exact) mass is 272 g/mol. The Kier molecular flexibility index (Phi) is 4.15. The first kappa shape index (κ1) is 12.0. The predicted octanol–water partition coefficient (Wildman–Crippen LogP) is 3.15.